The summed E-state index contributed by atoms with van der Waals surface area (Å²) in [6.07, 6.45) is 27.9. The van der Waals surface area contributed by atoms with E-state index in [-0.39, 0.29) is 0 Å². The van der Waals surface area contributed by atoms with Crippen molar-refractivity contribution in [2.24, 2.45) is 0 Å². The van der Waals surface area contributed by atoms with Gasteiger partial charge < -0.3 is 0 Å². The van der Waals surface area contributed by atoms with Crippen LogP contribution < -0.4 is 4.57 Å². The number of benzene rings is 1. The van der Waals surface area contributed by atoms with Gasteiger partial charge in [0.1, 0.15) is 0 Å². The van der Waals surface area contributed by atoms with Crippen LogP contribution in [0.3, 0.4) is 0 Å². The van der Waals surface area contributed by atoms with E-state index in [1.54, 1.807) is 11.1 Å². The molecule has 0 amide bonds. The molecular formula is C32H52N+. The molecule has 2 rings (SSSR count). The molecule has 2 aromatic rings. The van der Waals surface area contributed by atoms with Crippen molar-refractivity contribution in [3.63, 3.8) is 0 Å². The first-order valence-electron chi connectivity index (χ1n) is 14.4. The van der Waals surface area contributed by atoms with Crippen molar-refractivity contribution in [2.45, 2.75) is 136 Å². The van der Waals surface area contributed by atoms with E-state index < -0.39 is 0 Å². The first-order chi connectivity index (χ1) is 16.3. The van der Waals surface area contributed by atoms with Crippen LogP contribution >= 0.6 is 0 Å². The highest BCUT2D eigenvalue weighted by Crippen LogP contribution is 2.20. The zero-order valence-corrected chi connectivity index (χ0v) is 22.2. The van der Waals surface area contributed by atoms with E-state index in [0.29, 0.717) is 6.04 Å². The smallest absolute Gasteiger partial charge is 0.183 e. The molecule has 1 unspecified atom stereocenters. The van der Waals surface area contributed by atoms with Crippen LogP contribution in [0, 0.1) is 0 Å². The Hall–Kier alpha value is -1.63. The predicted octanol–water partition coefficient (Wildman–Crippen LogP) is 9.56. The summed E-state index contributed by atoms with van der Waals surface area (Å²) in [4.78, 5) is 0. The highest BCUT2D eigenvalue weighted by atomic mass is 15.0. The Bertz CT molecular complexity index is 721. The molecule has 0 aliphatic carbocycles. The predicted molar refractivity (Wildman–Crippen MR) is 145 cm³/mol. The topological polar surface area (TPSA) is 3.88 Å². The molecular weight excluding hydrogens is 398 g/mol. The average molecular weight is 451 g/mol. The van der Waals surface area contributed by atoms with Gasteiger partial charge in [-0.25, -0.2) is 0 Å². The van der Waals surface area contributed by atoms with E-state index in [9.17, 15) is 0 Å². The van der Waals surface area contributed by atoms with E-state index >= 15 is 0 Å². The third-order valence-corrected chi connectivity index (χ3v) is 7.20. The van der Waals surface area contributed by atoms with Crippen molar-refractivity contribution in [3.05, 3.63) is 65.5 Å². The third-order valence-electron chi connectivity index (χ3n) is 7.20. The molecule has 184 valence electrons. The van der Waals surface area contributed by atoms with Gasteiger partial charge in [0, 0.05) is 23.6 Å². The maximum Gasteiger partial charge on any atom is 0.183 e. The second-order valence-corrected chi connectivity index (χ2v) is 10.0. The molecule has 0 spiro atoms. The monoisotopic (exact) mass is 450 g/mol. The molecule has 0 N–H and O–H groups in total. The summed E-state index contributed by atoms with van der Waals surface area (Å²) in [6.45, 7) is 6.92. The number of unbranched alkanes of at least 4 members (excludes halogenated alkanes) is 12. The standard InChI is InChI=1S/C32H52N/c1-4-7-9-11-13-15-18-22-29-26-27-33(32(6-3)30-23-20-17-21-24-30)28-31(29)25-19-16-14-12-10-8-5-2/h17,20-21,23-24,26-28,32H,4-16,18-19,22,25H2,1-3H3/q+1. The molecule has 1 nitrogen and oxygen atoms in total. The van der Waals surface area contributed by atoms with Gasteiger partial charge in [0.05, 0.1) is 0 Å². The minimum Gasteiger partial charge on any atom is -0.198 e. The molecule has 1 aromatic carbocycles. The summed E-state index contributed by atoms with van der Waals surface area (Å²) < 4.78 is 2.49. The fourth-order valence-corrected chi connectivity index (χ4v) is 5.09. The summed E-state index contributed by atoms with van der Waals surface area (Å²) in [6, 6.07) is 13.9. The molecule has 0 bridgehead atoms. The number of nitrogens with zero attached hydrogens (tertiary/aromatic N) is 1. The molecule has 33 heavy (non-hydrogen) atoms. The van der Waals surface area contributed by atoms with Crippen molar-refractivity contribution >= 4 is 0 Å². The number of aryl methyl sites for hydroxylation is 2. The summed E-state index contributed by atoms with van der Waals surface area (Å²) >= 11 is 0. The van der Waals surface area contributed by atoms with Gasteiger partial charge in [0.2, 0.25) is 0 Å². The molecule has 0 fully saturated rings. The lowest BCUT2D eigenvalue weighted by Gasteiger charge is -2.14. The second-order valence-electron chi connectivity index (χ2n) is 10.0. The summed E-state index contributed by atoms with van der Waals surface area (Å²) in [7, 11) is 0. The van der Waals surface area contributed by atoms with Gasteiger partial charge in [-0.1, -0.05) is 128 Å². The molecule has 0 aliphatic heterocycles. The highest BCUT2D eigenvalue weighted by Gasteiger charge is 2.20. The Morgan fingerprint density at radius 2 is 1.09 bits per heavy atom. The Labute approximate surface area is 206 Å². The van der Waals surface area contributed by atoms with Crippen LogP contribution in [0.25, 0.3) is 0 Å². The largest absolute Gasteiger partial charge is 0.198 e. The minimum absolute atomic E-state index is 0.437. The number of aromatic nitrogens is 1. The molecule has 0 radical (unpaired) electrons. The maximum absolute atomic E-state index is 2.49. The molecule has 1 aromatic heterocycles. The van der Waals surface area contributed by atoms with Gasteiger partial charge in [-0.3, -0.25) is 0 Å². The van der Waals surface area contributed by atoms with Gasteiger partial charge in [-0.2, -0.15) is 4.57 Å². The lowest BCUT2D eigenvalue weighted by atomic mass is 9.97. The first-order valence-corrected chi connectivity index (χ1v) is 14.4. The fourth-order valence-electron chi connectivity index (χ4n) is 5.09. The lowest BCUT2D eigenvalue weighted by molar-refractivity contribution is -0.714. The van der Waals surface area contributed by atoms with Gasteiger partial charge >= 0.3 is 0 Å². The van der Waals surface area contributed by atoms with Crippen LogP contribution in [0.4, 0.5) is 0 Å². The normalized spacial score (nSPS) is 12.2. The van der Waals surface area contributed by atoms with E-state index in [4.69, 9.17) is 0 Å². The van der Waals surface area contributed by atoms with Crippen molar-refractivity contribution in [1.82, 2.24) is 0 Å². The first kappa shape index (κ1) is 27.6. The van der Waals surface area contributed by atoms with Crippen LogP contribution in [0.1, 0.15) is 140 Å². The fraction of sp³-hybridized carbons (Fsp3) is 0.656. The minimum atomic E-state index is 0.437. The average Bonchev–Trinajstić information content (AvgIpc) is 2.85. The van der Waals surface area contributed by atoms with Crippen LogP contribution in [0.15, 0.2) is 48.8 Å². The van der Waals surface area contributed by atoms with E-state index in [2.05, 4.69) is 74.1 Å². The van der Waals surface area contributed by atoms with Gasteiger partial charge in [0.25, 0.3) is 0 Å². The maximum atomic E-state index is 2.49. The van der Waals surface area contributed by atoms with Crippen LogP contribution in [0.5, 0.6) is 0 Å². The molecule has 0 aliphatic rings. The highest BCUT2D eigenvalue weighted by molar-refractivity contribution is 5.22. The number of rotatable bonds is 19. The van der Waals surface area contributed by atoms with E-state index in [1.165, 1.54) is 108 Å². The molecule has 1 heterocycles. The lowest BCUT2D eigenvalue weighted by Crippen LogP contribution is -2.40. The van der Waals surface area contributed by atoms with Crippen LogP contribution in [-0.2, 0) is 12.8 Å². The number of hydrogen-bond donors (Lipinski definition) is 0. The van der Waals surface area contributed by atoms with Crippen LogP contribution in [0.2, 0.25) is 0 Å². The van der Waals surface area contributed by atoms with E-state index in [1.807, 2.05) is 0 Å². The Balaban J connectivity index is 1.98. The number of pyridine rings is 1. The second kappa shape index (κ2) is 17.8. The Morgan fingerprint density at radius 1 is 0.576 bits per heavy atom. The van der Waals surface area contributed by atoms with Crippen LogP contribution in [-0.4, -0.2) is 0 Å². The zero-order valence-electron chi connectivity index (χ0n) is 22.2. The Morgan fingerprint density at radius 3 is 1.64 bits per heavy atom. The van der Waals surface area contributed by atoms with Gasteiger partial charge in [0.15, 0.2) is 18.4 Å². The molecule has 1 atom stereocenters. The molecule has 1 heteroatoms. The number of hydrogen-bond acceptors (Lipinski definition) is 0. The van der Waals surface area contributed by atoms with Gasteiger partial charge in [-0.15, -0.1) is 0 Å². The zero-order chi connectivity index (χ0) is 23.6. The SMILES string of the molecule is CCCCCCCCCc1cc[n+](C(CC)c2ccccc2)cc1CCCCCCCCC. The quantitative estimate of drug-likeness (QED) is 0.148. The van der Waals surface area contributed by atoms with Crippen molar-refractivity contribution in [3.8, 4) is 0 Å². The van der Waals surface area contributed by atoms with Crippen molar-refractivity contribution < 1.29 is 4.57 Å². The van der Waals surface area contributed by atoms with Crippen molar-refractivity contribution in [1.29, 1.82) is 0 Å². The summed E-state index contributed by atoms with van der Waals surface area (Å²) in [5.41, 5.74) is 4.63. The molecule has 0 saturated carbocycles. The third kappa shape index (κ3) is 10.9. The summed E-state index contributed by atoms with van der Waals surface area (Å²) in [5, 5.41) is 0. The summed E-state index contributed by atoms with van der Waals surface area (Å²) in [5.74, 6) is 0. The Kier molecular flexibility index (Phi) is 14.9. The molecule has 0 saturated heterocycles. The van der Waals surface area contributed by atoms with Crippen molar-refractivity contribution in [2.75, 3.05) is 0 Å². The van der Waals surface area contributed by atoms with Gasteiger partial charge in [-0.05, 0) is 31.2 Å². The van der Waals surface area contributed by atoms with E-state index in [0.717, 1.165) is 6.42 Å².